The molecule has 0 unspecified atom stereocenters. The Kier molecular flexibility index (Phi) is 18.1. The van der Waals surface area contributed by atoms with E-state index in [0.29, 0.717) is 22.4 Å². The molecule has 1 N–H and O–H groups in total. The third-order valence-corrected chi connectivity index (χ3v) is 10.8. The summed E-state index contributed by atoms with van der Waals surface area (Å²) in [6, 6.07) is 48.1. The first kappa shape index (κ1) is 50.8. The summed E-state index contributed by atoms with van der Waals surface area (Å²) in [6.45, 7) is -2.05. The van der Waals surface area contributed by atoms with E-state index in [4.69, 9.17) is 73.0 Å². The average Bonchev–Trinajstić information content (AvgIpc) is 3.39. The van der Waals surface area contributed by atoms with Gasteiger partial charge in [0.05, 0.1) is 29.0 Å². The van der Waals surface area contributed by atoms with E-state index in [1.807, 2.05) is 66.7 Å². The molecule has 0 radical (unpaired) electrons. The first-order valence-corrected chi connectivity index (χ1v) is 23.0. The van der Waals surface area contributed by atoms with Crippen LogP contribution in [0, 0.1) is 0 Å². The van der Waals surface area contributed by atoms with Gasteiger partial charge in [0, 0.05) is 11.1 Å². The molecule has 0 bridgehead atoms. The van der Waals surface area contributed by atoms with E-state index in [1.165, 1.54) is 36.4 Å². The number of alkyl halides is 3. The highest BCUT2D eigenvalue weighted by Crippen LogP contribution is 2.31. The van der Waals surface area contributed by atoms with Gasteiger partial charge in [-0.05, 0) is 42.0 Å². The predicted molar refractivity (Wildman–Crippen MR) is 260 cm³/mol. The van der Waals surface area contributed by atoms with Crippen molar-refractivity contribution in [3.63, 3.8) is 0 Å². The van der Waals surface area contributed by atoms with Crippen molar-refractivity contribution in [2.45, 2.75) is 47.1 Å². The van der Waals surface area contributed by atoms with Gasteiger partial charge in [0.2, 0.25) is 3.79 Å². The van der Waals surface area contributed by atoms with Gasteiger partial charge in [0.1, 0.15) is 32.0 Å². The molecule has 0 aromatic heterocycles. The Morgan fingerprint density at radius 3 is 1.49 bits per heavy atom. The molecule has 70 heavy (non-hydrogen) atoms. The van der Waals surface area contributed by atoms with E-state index in [9.17, 15) is 24.0 Å². The molecule has 0 saturated carbocycles. The molecule has 6 aromatic carbocycles. The molecule has 1 saturated heterocycles. The lowest BCUT2D eigenvalue weighted by Crippen LogP contribution is -2.67. The lowest BCUT2D eigenvalue weighted by Gasteiger charge is -2.45. The van der Waals surface area contributed by atoms with Gasteiger partial charge in [0.15, 0.2) is 24.5 Å². The first-order valence-electron chi connectivity index (χ1n) is 21.8. The van der Waals surface area contributed by atoms with E-state index in [1.54, 1.807) is 78.9 Å². The number of aliphatic imine (C=N–C) groups is 1. The van der Waals surface area contributed by atoms with Gasteiger partial charge < -0.3 is 38.5 Å². The van der Waals surface area contributed by atoms with Crippen molar-refractivity contribution in [3.05, 3.63) is 215 Å². The number of ether oxygens (including phenoxy) is 7. The number of hydrogen-bond acceptors (Lipinski definition) is 13. The van der Waals surface area contributed by atoms with Crippen molar-refractivity contribution < 1.29 is 57.1 Å². The van der Waals surface area contributed by atoms with Crippen LogP contribution in [0.4, 0.5) is 4.79 Å². The summed E-state index contributed by atoms with van der Waals surface area (Å²) in [5, 5.41) is 2.58. The number of nitrogens with zero attached hydrogens (tertiary/aromatic N) is 1. The van der Waals surface area contributed by atoms with Crippen LogP contribution in [0.5, 0.6) is 0 Å². The second-order valence-electron chi connectivity index (χ2n) is 15.5. The Hall–Kier alpha value is -7.07. The van der Waals surface area contributed by atoms with Crippen LogP contribution in [0.3, 0.4) is 0 Å². The second kappa shape index (κ2) is 25.0. The molecule has 1 aliphatic heterocycles. The molecule has 17 heteroatoms. The van der Waals surface area contributed by atoms with E-state index in [2.05, 4.69) is 5.32 Å². The molecular weight excluding hydrogens is 963 g/mol. The standard InChI is InChI=1S/C53H45Cl3N2O12/c54-53(55,56)34-67-52(63)58-44-46(70-49(61)40-29-17-6-18-30-40)45(69-48(60)39-27-15-5-16-28-39)42(33-65-47(59)38-25-13-4-14-26-38)68-51(44)66-32-41(50(62)64-31-35-19-7-1-8-20-35)57-43(36-21-9-2-10-22-36)37-23-11-3-12-24-37/h1-30,41-42,44-46,51H,31-34H2,(H,58,63)/t41-,42+,44+,45+,46+,51+/m0/s1. The number of carbonyl (C=O) groups excluding carboxylic acids is 5. The SMILES string of the molecule is O=C(N[C@H]1[C@H](OC[C@H](N=C(c2ccccc2)c2ccccc2)C(=O)OCc2ccccc2)O[C@H](COC(=O)c2ccccc2)[C@@H](OC(=O)c2ccccc2)[C@@H]1OC(=O)c1ccccc1)OCC(Cl)(Cl)Cl. The smallest absolute Gasteiger partial charge is 0.407 e. The third-order valence-electron chi connectivity index (χ3n) is 10.5. The Morgan fingerprint density at radius 2 is 1.00 bits per heavy atom. The Balaban J connectivity index is 1.31. The van der Waals surface area contributed by atoms with Gasteiger partial charge in [-0.2, -0.15) is 0 Å². The van der Waals surface area contributed by atoms with Gasteiger partial charge in [-0.3, -0.25) is 4.99 Å². The van der Waals surface area contributed by atoms with Gasteiger partial charge in [-0.1, -0.05) is 180 Å². The van der Waals surface area contributed by atoms with Gasteiger partial charge >= 0.3 is 30.0 Å². The number of esters is 4. The number of carbonyl (C=O) groups is 5. The summed E-state index contributed by atoms with van der Waals surface area (Å²) < 4.78 is 40.1. The number of alkyl carbamates (subject to hydrolysis) is 1. The fourth-order valence-electron chi connectivity index (χ4n) is 7.12. The molecule has 1 amide bonds. The second-order valence-corrected chi connectivity index (χ2v) is 18.0. The van der Waals surface area contributed by atoms with Crippen molar-refractivity contribution in [2.24, 2.45) is 4.99 Å². The van der Waals surface area contributed by atoms with Crippen LogP contribution in [0.2, 0.25) is 0 Å². The molecule has 0 aliphatic carbocycles. The summed E-state index contributed by atoms with van der Waals surface area (Å²) in [6.07, 6.45) is -7.77. The minimum Gasteiger partial charge on any atom is -0.459 e. The van der Waals surface area contributed by atoms with Crippen LogP contribution in [0.25, 0.3) is 0 Å². The van der Waals surface area contributed by atoms with Crippen molar-refractivity contribution in [1.82, 2.24) is 5.32 Å². The third kappa shape index (κ3) is 14.7. The molecule has 360 valence electrons. The zero-order valence-electron chi connectivity index (χ0n) is 37.1. The maximum Gasteiger partial charge on any atom is 0.407 e. The van der Waals surface area contributed by atoms with E-state index in [-0.39, 0.29) is 23.3 Å². The Morgan fingerprint density at radius 1 is 0.557 bits per heavy atom. The fraction of sp³-hybridized carbons (Fsp3) is 0.208. The highest BCUT2D eigenvalue weighted by Gasteiger charge is 2.53. The average molecular weight is 1010 g/mol. The van der Waals surface area contributed by atoms with Crippen LogP contribution in [0.15, 0.2) is 187 Å². The molecule has 6 atom stereocenters. The summed E-state index contributed by atoms with van der Waals surface area (Å²) in [4.78, 5) is 74.5. The molecule has 1 fully saturated rings. The number of benzene rings is 6. The van der Waals surface area contributed by atoms with Crippen LogP contribution in [-0.4, -0.2) is 96.0 Å². The number of halogens is 3. The van der Waals surface area contributed by atoms with E-state index in [0.717, 1.165) is 0 Å². The van der Waals surface area contributed by atoms with Crippen LogP contribution >= 0.6 is 34.8 Å². The molecular formula is C53H45Cl3N2O12. The number of rotatable bonds is 18. The molecule has 1 heterocycles. The molecule has 6 aromatic rings. The van der Waals surface area contributed by atoms with Crippen LogP contribution in [-0.2, 0) is 44.6 Å². The number of amides is 1. The molecule has 14 nitrogen and oxygen atoms in total. The number of nitrogens with one attached hydrogen (secondary N) is 1. The lowest BCUT2D eigenvalue weighted by molar-refractivity contribution is -0.269. The van der Waals surface area contributed by atoms with Gasteiger partial charge in [-0.15, -0.1) is 0 Å². The minimum absolute atomic E-state index is 0.0779. The van der Waals surface area contributed by atoms with E-state index >= 15 is 0 Å². The molecule has 7 rings (SSSR count). The van der Waals surface area contributed by atoms with Crippen molar-refractivity contribution >= 4 is 70.5 Å². The highest BCUT2D eigenvalue weighted by atomic mass is 35.6. The van der Waals surface area contributed by atoms with Gasteiger partial charge in [0.25, 0.3) is 0 Å². The lowest BCUT2D eigenvalue weighted by atomic mass is 9.96. The highest BCUT2D eigenvalue weighted by molar-refractivity contribution is 6.67. The zero-order chi connectivity index (χ0) is 49.3. The van der Waals surface area contributed by atoms with Crippen LogP contribution in [0.1, 0.15) is 47.8 Å². The summed E-state index contributed by atoms with van der Waals surface area (Å²) in [7, 11) is 0. The van der Waals surface area contributed by atoms with Gasteiger partial charge in [-0.25, -0.2) is 24.0 Å². The van der Waals surface area contributed by atoms with Crippen molar-refractivity contribution in [2.75, 3.05) is 19.8 Å². The summed E-state index contributed by atoms with van der Waals surface area (Å²) in [5.41, 5.74) is 2.80. The monoisotopic (exact) mass is 1010 g/mol. The summed E-state index contributed by atoms with van der Waals surface area (Å²) >= 11 is 17.8. The topological polar surface area (TPSA) is 174 Å². The molecule has 1 aliphatic rings. The maximum absolute atomic E-state index is 14.3. The van der Waals surface area contributed by atoms with Crippen molar-refractivity contribution in [1.29, 1.82) is 0 Å². The van der Waals surface area contributed by atoms with Crippen molar-refractivity contribution in [3.8, 4) is 0 Å². The number of hydrogen-bond donors (Lipinski definition) is 1. The Labute approximate surface area is 418 Å². The summed E-state index contributed by atoms with van der Waals surface area (Å²) in [5.74, 6) is -3.38. The molecule has 0 spiro atoms. The largest absolute Gasteiger partial charge is 0.459 e. The fourth-order valence-corrected chi connectivity index (χ4v) is 7.28. The quantitative estimate of drug-likeness (QED) is 0.0375. The zero-order valence-corrected chi connectivity index (χ0v) is 39.4. The minimum atomic E-state index is -2.04. The van der Waals surface area contributed by atoms with E-state index < -0.39 is 90.3 Å². The Bertz CT molecular complexity index is 2640. The van der Waals surface area contributed by atoms with Crippen LogP contribution < -0.4 is 5.32 Å². The first-order chi connectivity index (χ1) is 33.9. The predicted octanol–water partition coefficient (Wildman–Crippen LogP) is 9.15. The maximum atomic E-state index is 14.3. The normalized spacial score (nSPS) is 18.0.